The van der Waals surface area contributed by atoms with Crippen molar-refractivity contribution in [3.63, 3.8) is 0 Å². The van der Waals surface area contributed by atoms with E-state index in [0.29, 0.717) is 0 Å². The first-order chi connectivity index (χ1) is 8.10. The van der Waals surface area contributed by atoms with Crippen LogP contribution in [-0.4, -0.2) is 42.9 Å². The van der Waals surface area contributed by atoms with Crippen LogP contribution in [-0.2, 0) is 9.53 Å². The van der Waals surface area contributed by atoms with Crippen LogP contribution in [0, 0.1) is 17.8 Å². The van der Waals surface area contributed by atoms with Crippen molar-refractivity contribution in [3.05, 3.63) is 0 Å². The summed E-state index contributed by atoms with van der Waals surface area (Å²) in [5, 5.41) is 0. The Balaban J connectivity index is 1.74. The lowest BCUT2D eigenvalue weighted by Gasteiger charge is -2.27. The Labute approximate surface area is 112 Å². The highest BCUT2D eigenvalue weighted by atomic mass is 79.9. The number of fused-ring (bicyclic) bond motifs is 2. The molecule has 2 aliphatic carbocycles. The molecule has 2 saturated carbocycles. The fourth-order valence-corrected chi connectivity index (χ4v) is 4.23. The zero-order valence-corrected chi connectivity index (χ0v) is 12.3. The number of ether oxygens (including phenoxy) is 1. The summed E-state index contributed by atoms with van der Waals surface area (Å²) >= 11 is 3.38. The Bertz CT molecular complexity index is 285. The second kappa shape index (κ2) is 5.70. The second-order valence-corrected chi connectivity index (χ2v) is 6.75. The first-order valence-electron chi connectivity index (χ1n) is 6.50. The number of methoxy groups -OCH3 is 1. The van der Waals surface area contributed by atoms with E-state index < -0.39 is 0 Å². The summed E-state index contributed by atoms with van der Waals surface area (Å²) in [5.41, 5.74) is 0. The van der Waals surface area contributed by atoms with Gasteiger partial charge in [-0.25, -0.2) is 0 Å². The fourth-order valence-electron chi connectivity index (χ4n) is 3.55. The van der Waals surface area contributed by atoms with Crippen LogP contribution in [0.5, 0.6) is 0 Å². The molecule has 2 bridgehead atoms. The fraction of sp³-hybridized carbons (Fsp3) is 0.923. The topological polar surface area (TPSA) is 29.5 Å². The highest BCUT2D eigenvalue weighted by Gasteiger charge is 2.39. The van der Waals surface area contributed by atoms with Gasteiger partial charge < -0.3 is 9.64 Å². The van der Waals surface area contributed by atoms with Crippen molar-refractivity contribution >= 4 is 21.9 Å². The monoisotopic (exact) mass is 303 g/mol. The average Bonchev–Trinajstić information content (AvgIpc) is 2.89. The Morgan fingerprint density at radius 3 is 2.76 bits per heavy atom. The van der Waals surface area contributed by atoms with E-state index in [-0.39, 0.29) is 10.8 Å². The molecule has 0 heterocycles. The number of carbonyl (C=O) groups is 1. The van der Waals surface area contributed by atoms with E-state index in [4.69, 9.17) is 4.74 Å². The Hall–Kier alpha value is -0.0900. The molecular formula is C13H22BrNO2. The lowest BCUT2D eigenvalue weighted by Crippen LogP contribution is -2.35. The molecule has 0 aromatic heterocycles. The van der Waals surface area contributed by atoms with Gasteiger partial charge in [-0.1, -0.05) is 22.4 Å². The van der Waals surface area contributed by atoms with Crippen LogP contribution < -0.4 is 0 Å². The van der Waals surface area contributed by atoms with Gasteiger partial charge in [0.25, 0.3) is 0 Å². The van der Waals surface area contributed by atoms with Crippen LogP contribution in [0.25, 0.3) is 0 Å². The Morgan fingerprint density at radius 1 is 1.47 bits per heavy atom. The van der Waals surface area contributed by atoms with E-state index in [1.54, 1.807) is 0 Å². The summed E-state index contributed by atoms with van der Waals surface area (Å²) in [6, 6.07) is 0. The van der Waals surface area contributed by atoms with Crippen LogP contribution in [0.4, 0.5) is 0 Å². The minimum atomic E-state index is -0.198. The first kappa shape index (κ1) is 13.3. The molecule has 2 rings (SSSR count). The van der Waals surface area contributed by atoms with Gasteiger partial charge in [0, 0.05) is 13.1 Å². The van der Waals surface area contributed by atoms with Crippen molar-refractivity contribution < 1.29 is 9.53 Å². The summed E-state index contributed by atoms with van der Waals surface area (Å²) in [4.78, 5) is 13.4. The molecule has 0 saturated heterocycles. The smallest absolute Gasteiger partial charge is 0.320 e. The van der Waals surface area contributed by atoms with Crippen LogP contribution in [0.3, 0.4) is 0 Å². The number of hydrogen-bond donors (Lipinski definition) is 0. The Morgan fingerprint density at radius 2 is 2.24 bits per heavy atom. The van der Waals surface area contributed by atoms with Gasteiger partial charge in [-0.2, -0.15) is 0 Å². The third-order valence-corrected chi connectivity index (χ3v) is 5.02. The van der Waals surface area contributed by atoms with Crippen molar-refractivity contribution in [3.8, 4) is 0 Å². The number of hydrogen-bond acceptors (Lipinski definition) is 3. The quantitative estimate of drug-likeness (QED) is 0.576. The zero-order valence-electron chi connectivity index (χ0n) is 10.7. The van der Waals surface area contributed by atoms with Gasteiger partial charge in [0.2, 0.25) is 0 Å². The minimum absolute atomic E-state index is 0.176. The molecule has 0 radical (unpaired) electrons. The average molecular weight is 304 g/mol. The summed E-state index contributed by atoms with van der Waals surface area (Å²) < 4.78 is 4.72. The molecule has 3 nitrogen and oxygen atoms in total. The van der Waals surface area contributed by atoms with Gasteiger partial charge in [-0.3, -0.25) is 4.79 Å². The largest absolute Gasteiger partial charge is 0.468 e. The molecule has 0 amide bonds. The van der Waals surface area contributed by atoms with Crippen molar-refractivity contribution in [2.75, 3.05) is 27.2 Å². The van der Waals surface area contributed by atoms with Gasteiger partial charge in [-0.15, -0.1) is 0 Å². The van der Waals surface area contributed by atoms with Gasteiger partial charge in [0.05, 0.1) is 7.11 Å². The van der Waals surface area contributed by atoms with Gasteiger partial charge in [0.1, 0.15) is 4.83 Å². The molecule has 0 aromatic rings. The lowest BCUT2D eigenvalue weighted by molar-refractivity contribution is -0.140. The molecular weight excluding hydrogens is 282 g/mol. The van der Waals surface area contributed by atoms with Gasteiger partial charge >= 0.3 is 5.97 Å². The maximum atomic E-state index is 11.3. The van der Waals surface area contributed by atoms with Crippen LogP contribution in [0.1, 0.15) is 25.7 Å². The molecule has 4 unspecified atom stereocenters. The molecule has 4 heteroatoms. The van der Waals surface area contributed by atoms with Crippen molar-refractivity contribution in [1.82, 2.24) is 4.90 Å². The third-order valence-electron chi connectivity index (χ3n) is 4.36. The summed E-state index contributed by atoms with van der Waals surface area (Å²) in [6.07, 6.45) is 5.74. The molecule has 2 aliphatic rings. The van der Waals surface area contributed by atoms with E-state index in [1.807, 2.05) is 0 Å². The number of esters is 1. The normalized spacial score (nSPS) is 33.1. The van der Waals surface area contributed by atoms with E-state index >= 15 is 0 Å². The van der Waals surface area contributed by atoms with Crippen molar-refractivity contribution in [2.45, 2.75) is 30.5 Å². The second-order valence-electron chi connectivity index (χ2n) is 5.65. The van der Waals surface area contributed by atoms with Crippen molar-refractivity contribution in [1.29, 1.82) is 0 Å². The summed E-state index contributed by atoms with van der Waals surface area (Å²) in [5.74, 6) is 2.63. The number of nitrogens with zero attached hydrogens (tertiary/aromatic N) is 1. The van der Waals surface area contributed by atoms with E-state index in [1.165, 1.54) is 32.8 Å². The maximum Gasteiger partial charge on any atom is 0.320 e. The predicted molar refractivity (Wildman–Crippen MR) is 71.2 cm³/mol. The number of alkyl halides is 1. The molecule has 4 atom stereocenters. The van der Waals surface area contributed by atoms with Gasteiger partial charge in [0.15, 0.2) is 0 Å². The maximum absolute atomic E-state index is 11.3. The molecule has 2 fully saturated rings. The van der Waals surface area contributed by atoms with E-state index in [0.717, 1.165) is 30.8 Å². The molecule has 0 spiro atoms. The van der Waals surface area contributed by atoms with Gasteiger partial charge in [-0.05, 0) is 44.1 Å². The first-order valence-corrected chi connectivity index (χ1v) is 7.42. The SMILES string of the molecule is COC(=O)C(Br)CN(C)CC1CC2CCC1C2. The third kappa shape index (κ3) is 3.22. The van der Waals surface area contributed by atoms with Crippen LogP contribution in [0.15, 0.2) is 0 Å². The molecule has 0 aromatic carbocycles. The number of halogens is 1. The number of rotatable bonds is 5. The number of carbonyl (C=O) groups excluding carboxylic acids is 1. The lowest BCUT2D eigenvalue weighted by atomic mass is 9.88. The van der Waals surface area contributed by atoms with Crippen LogP contribution >= 0.6 is 15.9 Å². The van der Waals surface area contributed by atoms with E-state index in [9.17, 15) is 4.79 Å². The predicted octanol–water partition coefficient (Wildman–Crippen LogP) is 2.29. The Kier molecular flexibility index (Phi) is 4.47. The molecule has 98 valence electrons. The van der Waals surface area contributed by atoms with E-state index in [2.05, 4.69) is 27.9 Å². The van der Waals surface area contributed by atoms with Crippen molar-refractivity contribution in [2.24, 2.45) is 17.8 Å². The zero-order chi connectivity index (χ0) is 12.4. The summed E-state index contributed by atoms with van der Waals surface area (Å²) in [7, 11) is 3.54. The highest BCUT2D eigenvalue weighted by molar-refractivity contribution is 9.10. The molecule has 0 N–H and O–H groups in total. The standard InChI is InChI=1S/C13H22BrNO2/c1-15(8-12(14)13(16)17-2)7-11-6-9-3-4-10(11)5-9/h9-12H,3-8H2,1-2H3. The minimum Gasteiger partial charge on any atom is -0.468 e. The van der Waals surface area contributed by atoms with Crippen LogP contribution in [0.2, 0.25) is 0 Å². The summed E-state index contributed by atoms with van der Waals surface area (Å²) in [6.45, 7) is 1.86. The molecule has 0 aliphatic heterocycles. The highest BCUT2D eigenvalue weighted by Crippen LogP contribution is 2.48. The molecule has 17 heavy (non-hydrogen) atoms.